The maximum absolute atomic E-state index is 11.1. The van der Waals surface area contributed by atoms with E-state index in [4.69, 9.17) is 16.3 Å². The molecule has 0 unspecified atom stereocenters. The molecule has 0 amide bonds. The van der Waals surface area contributed by atoms with E-state index in [9.17, 15) is 4.79 Å². The van der Waals surface area contributed by atoms with E-state index in [1.807, 2.05) is 30.3 Å². The van der Waals surface area contributed by atoms with Gasteiger partial charge in [0.25, 0.3) is 0 Å². The minimum Gasteiger partial charge on any atom is -0.457 e. The first-order chi connectivity index (χ1) is 6.74. The van der Waals surface area contributed by atoms with Gasteiger partial charge in [-0.2, -0.15) is 0 Å². The number of carbonyl (C=O) groups is 1. The number of carbonyl (C=O) groups excluding carboxylic acids is 1. The van der Waals surface area contributed by atoms with Gasteiger partial charge in [0.15, 0.2) is 0 Å². The number of hydrogen-bond donors (Lipinski definition) is 0. The summed E-state index contributed by atoms with van der Waals surface area (Å²) in [5.41, 5.74) is 1.23. The zero-order valence-electron chi connectivity index (χ0n) is 7.70. The van der Waals surface area contributed by atoms with Gasteiger partial charge >= 0.3 is 5.97 Å². The van der Waals surface area contributed by atoms with Crippen molar-refractivity contribution < 1.29 is 9.53 Å². The molecule has 0 heterocycles. The van der Waals surface area contributed by atoms with Crippen LogP contribution in [0.2, 0.25) is 0 Å². The van der Waals surface area contributed by atoms with Crippen molar-refractivity contribution >= 4 is 17.6 Å². The Bertz CT molecular complexity index is 319. The van der Waals surface area contributed by atoms with Crippen LogP contribution in [-0.2, 0) is 16.1 Å². The maximum Gasteiger partial charge on any atom is 0.334 e. The summed E-state index contributed by atoms with van der Waals surface area (Å²) in [7, 11) is 0. The molecule has 1 aromatic carbocycles. The number of esters is 1. The van der Waals surface area contributed by atoms with Crippen LogP contribution in [0.25, 0.3) is 0 Å². The fourth-order valence-electron chi connectivity index (χ4n) is 0.880. The summed E-state index contributed by atoms with van der Waals surface area (Å²) in [6.07, 6.45) is 0. The second-order valence-electron chi connectivity index (χ2n) is 2.80. The molecule has 74 valence electrons. The molecule has 0 bridgehead atoms. The standard InChI is InChI=1S/C11H11ClO2/c1-9(7-12)11(13)14-8-10-5-3-2-4-6-10/h2-6H,1,7-8H2. The van der Waals surface area contributed by atoms with Gasteiger partial charge in [-0.05, 0) is 5.56 Å². The molecule has 0 saturated carbocycles. The van der Waals surface area contributed by atoms with Crippen LogP contribution in [0.15, 0.2) is 42.5 Å². The van der Waals surface area contributed by atoms with E-state index in [0.717, 1.165) is 5.56 Å². The normalized spacial score (nSPS) is 9.50. The number of benzene rings is 1. The molecule has 2 nitrogen and oxygen atoms in total. The third-order valence-electron chi connectivity index (χ3n) is 1.66. The van der Waals surface area contributed by atoms with Crippen LogP contribution < -0.4 is 0 Å². The number of halogens is 1. The van der Waals surface area contributed by atoms with Gasteiger partial charge in [0.1, 0.15) is 6.61 Å². The van der Waals surface area contributed by atoms with Gasteiger partial charge in [-0.15, -0.1) is 11.6 Å². The topological polar surface area (TPSA) is 26.3 Å². The maximum atomic E-state index is 11.1. The second-order valence-corrected chi connectivity index (χ2v) is 3.07. The molecule has 0 atom stereocenters. The predicted molar refractivity (Wildman–Crippen MR) is 56.1 cm³/mol. The van der Waals surface area contributed by atoms with E-state index in [2.05, 4.69) is 6.58 Å². The van der Waals surface area contributed by atoms with Gasteiger partial charge in [0.05, 0.1) is 5.88 Å². The summed E-state index contributed by atoms with van der Waals surface area (Å²) in [6, 6.07) is 9.45. The highest BCUT2D eigenvalue weighted by atomic mass is 35.5. The third-order valence-corrected chi connectivity index (χ3v) is 1.99. The van der Waals surface area contributed by atoms with Crippen LogP contribution in [0.4, 0.5) is 0 Å². The third kappa shape index (κ3) is 3.23. The Hall–Kier alpha value is -1.28. The summed E-state index contributed by atoms with van der Waals surface area (Å²) in [5.74, 6) is -0.336. The lowest BCUT2D eigenvalue weighted by Crippen LogP contribution is -2.07. The van der Waals surface area contributed by atoms with Crippen molar-refractivity contribution in [3.63, 3.8) is 0 Å². The Morgan fingerprint density at radius 2 is 2.00 bits per heavy atom. The first-order valence-electron chi connectivity index (χ1n) is 4.19. The smallest absolute Gasteiger partial charge is 0.334 e. The highest BCUT2D eigenvalue weighted by Crippen LogP contribution is 2.04. The fourth-order valence-corrected chi connectivity index (χ4v) is 0.989. The molecule has 0 fully saturated rings. The van der Waals surface area contributed by atoms with Crippen LogP contribution in [0.3, 0.4) is 0 Å². The number of ether oxygens (including phenoxy) is 1. The van der Waals surface area contributed by atoms with E-state index in [-0.39, 0.29) is 18.1 Å². The van der Waals surface area contributed by atoms with Crippen molar-refractivity contribution in [3.05, 3.63) is 48.0 Å². The summed E-state index contributed by atoms with van der Waals surface area (Å²) in [4.78, 5) is 11.1. The van der Waals surface area contributed by atoms with Crippen molar-refractivity contribution in [3.8, 4) is 0 Å². The molecular weight excluding hydrogens is 200 g/mol. The van der Waals surface area contributed by atoms with Gasteiger partial charge in [0, 0.05) is 5.57 Å². The lowest BCUT2D eigenvalue weighted by atomic mass is 10.2. The summed E-state index contributed by atoms with van der Waals surface area (Å²) >= 11 is 5.43. The van der Waals surface area contributed by atoms with Gasteiger partial charge in [0.2, 0.25) is 0 Å². The number of rotatable bonds is 4. The Morgan fingerprint density at radius 3 is 2.57 bits per heavy atom. The zero-order valence-corrected chi connectivity index (χ0v) is 8.46. The van der Waals surface area contributed by atoms with Crippen LogP contribution in [0, 0.1) is 0 Å². The second kappa shape index (κ2) is 5.45. The average Bonchev–Trinajstić information content (AvgIpc) is 2.26. The van der Waals surface area contributed by atoms with E-state index in [1.165, 1.54) is 0 Å². The minimum atomic E-state index is -0.441. The monoisotopic (exact) mass is 210 g/mol. The molecule has 0 radical (unpaired) electrons. The Morgan fingerprint density at radius 1 is 1.36 bits per heavy atom. The van der Waals surface area contributed by atoms with E-state index in [0.29, 0.717) is 0 Å². The highest BCUT2D eigenvalue weighted by molar-refractivity contribution is 6.22. The number of alkyl halides is 1. The van der Waals surface area contributed by atoms with Gasteiger partial charge in [-0.25, -0.2) is 4.79 Å². The summed E-state index contributed by atoms with van der Waals surface area (Å²) in [6.45, 7) is 3.74. The molecule has 0 aliphatic heterocycles. The summed E-state index contributed by atoms with van der Waals surface area (Å²) in [5, 5.41) is 0. The minimum absolute atomic E-state index is 0.105. The molecule has 0 saturated heterocycles. The van der Waals surface area contributed by atoms with Gasteiger partial charge < -0.3 is 4.74 Å². The van der Waals surface area contributed by atoms with Crippen molar-refractivity contribution in [1.29, 1.82) is 0 Å². The summed E-state index contributed by atoms with van der Waals surface area (Å²) < 4.78 is 4.96. The highest BCUT2D eigenvalue weighted by Gasteiger charge is 2.06. The Labute approximate surface area is 88.1 Å². The largest absolute Gasteiger partial charge is 0.457 e. The predicted octanol–water partition coefficient (Wildman–Crippen LogP) is 2.52. The van der Waals surface area contributed by atoms with Crippen LogP contribution in [-0.4, -0.2) is 11.8 Å². The van der Waals surface area contributed by atoms with Crippen molar-refractivity contribution in [2.24, 2.45) is 0 Å². The van der Waals surface area contributed by atoms with Gasteiger partial charge in [-0.1, -0.05) is 36.9 Å². The molecule has 3 heteroatoms. The van der Waals surface area contributed by atoms with Gasteiger partial charge in [-0.3, -0.25) is 0 Å². The Balaban J connectivity index is 2.42. The lowest BCUT2D eigenvalue weighted by molar-refractivity contribution is -0.140. The first kappa shape index (κ1) is 10.8. The van der Waals surface area contributed by atoms with Crippen molar-refractivity contribution in [2.45, 2.75) is 6.61 Å². The van der Waals surface area contributed by atoms with Crippen LogP contribution >= 0.6 is 11.6 Å². The lowest BCUT2D eigenvalue weighted by Gasteiger charge is -2.04. The molecule has 0 N–H and O–H groups in total. The molecule has 0 aromatic heterocycles. The zero-order chi connectivity index (χ0) is 10.4. The first-order valence-corrected chi connectivity index (χ1v) is 4.72. The fraction of sp³-hybridized carbons (Fsp3) is 0.182. The molecule has 0 aliphatic rings. The van der Waals surface area contributed by atoms with E-state index >= 15 is 0 Å². The van der Waals surface area contributed by atoms with Crippen molar-refractivity contribution in [2.75, 3.05) is 5.88 Å². The average molecular weight is 211 g/mol. The molecule has 0 aliphatic carbocycles. The van der Waals surface area contributed by atoms with Crippen LogP contribution in [0.5, 0.6) is 0 Å². The van der Waals surface area contributed by atoms with Crippen molar-refractivity contribution in [1.82, 2.24) is 0 Å². The SMILES string of the molecule is C=C(CCl)C(=O)OCc1ccccc1. The quantitative estimate of drug-likeness (QED) is 0.434. The van der Waals surface area contributed by atoms with Crippen LogP contribution in [0.1, 0.15) is 5.56 Å². The van der Waals surface area contributed by atoms with E-state index < -0.39 is 5.97 Å². The molecule has 0 spiro atoms. The molecule has 1 aromatic rings. The van der Waals surface area contributed by atoms with E-state index in [1.54, 1.807) is 0 Å². The molecule has 14 heavy (non-hydrogen) atoms. The number of hydrogen-bond acceptors (Lipinski definition) is 2. The molecular formula is C11H11ClO2. The Kier molecular flexibility index (Phi) is 4.20. The molecule has 1 rings (SSSR count).